The van der Waals surface area contributed by atoms with Crippen molar-refractivity contribution in [1.82, 2.24) is 14.8 Å². The molecule has 0 radical (unpaired) electrons. The number of rotatable bonds is 5. The minimum absolute atomic E-state index is 0.250. The maximum Gasteiger partial charge on any atom is 0.259 e. The molecule has 0 aliphatic rings. The molecular weight excluding hydrogens is 311 g/mol. The number of halogens is 1. The molecule has 0 spiro atoms. The zero-order valence-electron chi connectivity index (χ0n) is 12.9. The molecule has 2 aromatic carbocycles. The molecule has 0 atom stereocenters. The van der Waals surface area contributed by atoms with E-state index in [0.29, 0.717) is 23.6 Å². The summed E-state index contributed by atoms with van der Waals surface area (Å²) in [6.45, 7) is 2.29. The van der Waals surface area contributed by atoms with Crippen LogP contribution in [0.3, 0.4) is 0 Å². The molecule has 7 heteroatoms. The molecule has 0 aliphatic carbocycles. The Labute approximate surface area is 137 Å². The molecule has 1 aromatic heterocycles. The van der Waals surface area contributed by atoms with Crippen molar-refractivity contribution in [1.29, 1.82) is 0 Å². The summed E-state index contributed by atoms with van der Waals surface area (Å²) in [6.07, 6.45) is 2.72. The van der Waals surface area contributed by atoms with Crippen LogP contribution in [0, 0.1) is 5.82 Å². The van der Waals surface area contributed by atoms with E-state index in [-0.39, 0.29) is 11.6 Å². The Morgan fingerprint density at radius 2 is 2.12 bits per heavy atom. The summed E-state index contributed by atoms with van der Waals surface area (Å²) in [6, 6.07) is 11.3. The fourth-order valence-corrected chi connectivity index (χ4v) is 2.24. The van der Waals surface area contributed by atoms with Gasteiger partial charge in [-0.25, -0.2) is 14.1 Å². The lowest BCUT2D eigenvalue weighted by atomic mass is 10.1. The van der Waals surface area contributed by atoms with Gasteiger partial charge in [0, 0.05) is 5.69 Å². The molecule has 24 heavy (non-hydrogen) atoms. The van der Waals surface area contributed by atoms with Crippen molar-refractivity contribution >= 4 is 11.6 Å². The van der Waals surface area contributed by atoms with Gasteiger partial charge >= 0.3 is 0 Å². The number of hydrogen-bond acceptors (Lipinski definition) is 4. The molecule has 0 aliphatic heterocycles. The van der Waals surface area contributed by atoms with Crippen LogP contribution in [0.4, 0.5) is 10.1 Å². The lowest BCUT2D eigenvalue weighted by molar-refractivity contribution is 0.102. The molecule has 1 amide bonds. The molecule has 122 valence electrons. The van der Waals surface area contributed by atoms with E-state index in [2.05, 4.69) is 15.4 Å². The SMILES string of the molecule is CCOc1ccccc1C(=O)Nc1ccc(-n2cncn2)c(F)c1. The van der Waals surface area contributed by atoms with Crippen LogP contribution in [0.15, 0.2) is 55.1 Å². The minimum atomic E-state index is -0.517. The van der Waals surface area contributed by atoms with Crippen LogP contribution in [0.25, 0.3) is 5.69 Å². The molecule has 3 rings (SSSR count). The fraction of sp³-hybridized carbons (Fsp3) is 0.118. The van der Waals surface area contributed by atoms with E-state index in [1.807, 2.05) is 6.92 Å². The number of ether oxygens (including phenoxy) is 1. The second kappa shape index (κ2) is 6.91. The van der Waals surface area contributed by atoms with Gasteiger partial charge < -0.3 is 10.1 Å². The third-order valence-corrected chi connectivity index (χ3v) is 3.30. The van der Waals surface area contributed by atoms with Gasteiger partial charge in [0.2, 0.25) is 0 Å². The summed E-state index contributed by atoms with van der Waals surface area (Å²) in [4.78, 5) is 16.2. The van der Waals surface area contributed by atoms with Gasteiger partial charge in [0.25, 0.3) is 5.91 Å². The van der Waals surface area contributed by atoms with Gasteiger partial charge in [-0.05, 0) is 37.3 Å². The summed E-state index contributed by atoms with van der Waals surface area (Å²) in [5.74, 6) is -0.402. The standard InChI is InChI=1S/C17H15FN4O2/c1-2-24-16-6-4-3-5-13(16)17(23)21-12-7-8-15(14(18)9-12)22-11-19-10-20-22/h3-11H,2H2,1H3,(H,21,23). The van der Waals surface area contributed by atoms with Crippen molar-refractivity contribution in [3.63, 3.8) is 0 Å². The van der Waals surface area contributed by atoms with E-state index < -0.39 is 5.82 Å². The molecule has 0 saturated carbocycles. The molecule has 0 bridgehead atoms. The topological polar surface area (TPSA) is 69.0 Å². The largest absolute Gasteiger partial charge is 0.493 e. The van der Waals surface area contributed by atoms with Crippen LogP contribution in [0.1, 0.15) is 17.3 Å². The third kappa shape index (κ3) is 3.24. The molecule has 3 aromatic rings. The van der Waals surface area contributed by atoms with Gasteiger partial charge in [-0.2, -0.15) is 5.10 Å². The Balaban J connectivity index is 1.81. The zero-order chi connectivity index (χ0) is 16.9. The Hall–Kier alpha value is -3.22. The van der Waals surface area contributed by atoms with Crippen LogP contribution in [-0.4, -0.2) is 27.3 Å². The first-order chi connectivity index (χ1) is 11.7. The molecule has 6 nitrogen and oxygen atoms in total. The predicted molar refractivity (Wildman–Crippen MR) is 86.9 cm³/mol. The first-order valence-electron chi connectivity index (χ1n) is 7.36. The number of nitrogens with zero attached hydrogens (tertiary/aromatic N) is 3. The van der Waals surface area contributed by atoms with E-state index in [1.165, 1.54) is 29.5 Å². The summed E-state index contributed by atoms with van der Waals surface area (Å²) in [5, 5.41) is 6.55. The second-order valence-electron chi connectivity index (χ2n) is 4.89. The van der Waals surface area contributed by atoms with E-state index in [0.717, 1.165) is 0 Å². The predicted octanol–water partition coefficient (Wildman–Crippen LogP) is 3.06. The number of para-hydroxylation sites is 1. The molecular formula is C17H15FN4O2. The van der Waals surface area contributed by atoms with Crippen LogP contribution in [0.2, 0.25) is 0 Å². The average molecular weight is 326 g/mol. The van der Waals surface area contributed by atoms with Crippen molar-refractivity contribution in [2.45, 2.75) is 6.92 Å². The van der Waals surface area contributed by atoms with Gasteiger partial charge in [0.05, 0.1) is 12.2 Å². The number of carbonyl (C=O) groups excluding carboxylic acids is 1. The van der Waals surface area contributed by atoms with Crippen LogP contribution < -0.4 is 10.1 Å². The maximum absolute atomic E-state index is 14.2. The highest BCUT2D eigenvalue weighted by molar-refractivity contribution is 6.06. The maximum atomic E-state index is 14.2. The molecule has 1 heterocycles. The quantitative estimate of drug-likeness (QED) is 0.782. The highest BCUT2D eigenvalue weighted by Gasteiger charge is 2.13. The molecule has 0 fully saturated rings. The molecule has 0 saturated heterocycles. The van der Waals surface area contributed by atoms with Gasteiger partial charge in [0.1, 0.15) is 24.1 Å². The van der Waals surface area contributed by atoms with Crippen molar-refractivity contribution in [3.8, 4) is 11.4 Å². The number of carbonyl (C=O) groups is 1. The van der Waals surface area contributed by atoms with Crippen molar-refractivity contribution in [2.75, 3.05) is 11.9 Å². The van der Waals surface area contributed by atoms with Gasteiger partial charge in [-0.1, -0.05) is 12.1 Å². The first kappa shape index (κ1) is 15.7. The monoisotopic (exact) mass is 326 g/mol. The summed E-state index contributed by atoms with van der Waals surface area (Å²) in [5.41, 5.74) is 0.980. The highest BCUT2D eigenvalue weighted by atomic mass is 19.1. The summed E-state index contributed by atoms with van der Waals surface area (Å²) >= 11 is 0. The fourth-order valence-electron chi connectivity index (χ4n) is 2.24. The number of amides is 1. The van der Waals surface area contributed by atoms with Crippen LogP contribution >= 0.6 is 0 Å². The van der Waals surface area contributed by atoms with Gasteiger partial charge in [0.15, 0.2) is 5.82 Å². The average Bonchev–Trinajstić information content (AvgIpc) is 3.10. The summed E-state index contributed by atoms with van der Waals surface area (Å²) < 4.78 is 20.9. The van der Waals surface area contributed by atoms with E-state index in [1.54, 1.807) is 30.3 Å². The lowest BCUT2D eigenvalue weighted by Crippen LogP contribution is -2.14. The summed E-state index contributed by atoms with van der Waals surface area (Å²) in [7, 11) is 0. The Kier molecular flexibility index (Phi) is 4.51. The normalized spacial score (nSPS) is 10.4. The van der Waals surface area contributed by atoms with Crippen molar-refractivity contribution in [3.05, 3.63) is 66.5 Å². The Bertz CT molecular complexity index is 850. The lowest BCUT2D eigenvalue weighted by Gasteiger charge is -2.11. The third-order valence-electron chi connectivity index (χ3n) is 3.30. The van der Waals surface area contributed by atoms with E-state index >= 15 is 0 Å². The number of nitrogens with one attached hydrogen (secondary N) is 1. The molecule has 0 unspecified atom stereocenters. The number of aromatic nitrogens is 3. The van der Waals surface area contributed by atoms with Gasteiger partial charge in [-0.15, -0.1) is 0 Å². The Morgan fingerprint density at radius 3 is 2.83 bits per heavy atom. The zero-order valence-corrected chi connectivity index (χ0v) is 12.9. The molecule has 1 N–H and O–H groups in total. The number of hydrogen-bond donors (Lipinski definition) is 1. The number of anilines is 1. The van der Waals surface area contributed by atoms with E-state index in [9.17, 15) is 9.18 Å². The van der Waals surface area contributed by atoms with Crippen LogP contribution in [-0.2, 0) is 0 Å². The first-order valence-corrected chi connectivity index (χ1v) is 7.36. The van der Waals surface area contributed by atoms with Crippen LogP contribution in [0.5, 0.6) is 5.75 Å². The number of benzene rings is 2. The second-order valence-corrected chi connectivity index (χ2v) is 4.89. The van der Waals surface area contributed by atoms with Crippen molar-refractivity contribution in [2.24, 2.45) is 0 Å². The van der Waals surface area contributed by atoms with E-state index in [4.69, 9.17) is 4.74 Å². The smallest absolute Gasteiger partial charge is 0.259 e. The van der Waals surface area contributed by atoms with Crippen molar-refractivity contribution < 1.29 is 13.9 Å². The minimum Gasteiger partial charge on any atom is -0.493 e. The van der Waals surface area contributed by atoms with Gasteiger partial charge in [-0.3, -0.25) is 4.79 Å². The highest BCUT2D eigenvalue weighted by Crippen LogP contribution is 2.21. The Morgan fingerprint density at radius 1 is 1.29 bits per heavy atom.